The standard InChI is InChI=1S/C11H11F6N/c12-6-4-7(13)10(8(14)5-6)9(18)2-1-3-11(15,16)17/h4-5,9H,1-3,18H2. The molecule has 18 heavy (non-hydrogen) atoms. The van der Waals surface area contributed by atoms with E-state index < -0.39 is 41.7 Å². The predicted molar refractivity (Wildman–Crippen MR) is 53.2 cm³/mol. The van der Waals surface area contributed by atoms with Crippen LogP contribution in [0.1, 0.15) is 30.9 Å². The van der Waals surface area contributed by atoms with Gasteiger partial charge in [-0.1, -0.05) is 0 Å². The van der Waals surface area contributed by atoms with Gasteiger partial charge < -0.3 is 5.73 Å². The van der Waals surface area contributed by atoms with E-state index in [1.165, 1.54) is 0 Å². The van der Waals surface area contributed by atoms with Crippen LogP contribution in [0, 0.1) is 17.5 Å². The fourth-order valence-corrected chi connectivity index (χ4v) is 1.57. The summed E-state index contributed by atoms with van der Waals surface area (Å²) in [6.45, 7) is 0. The molecule has 0 bridgehead atoms. The Morgan fingerprint density at radius 2 is 1.56 bits per heavy atom. The maximum atomic E-state index is 13.2. The van der Waals surface area contributed by atoms with Gasteiger partial charge in [0.1, 0.15) is 17.5 Å². The lowest BCUT2D eigenvalue weighted by Gasteiger charge is -2.14. The highest BCUT2D eigenvalue weighted by molar-refractivity contribution is 5.23. The molecule has 1 rings (SSSR count). The van der Waals surface area contributed by atoms with Gasteiger partial charge in [-0.2, -0.15) is 13.2 Å². The van der Waals surface area contributed by atoms with E-state index in [1.54, 1.807) is 0 Å². The Morgan fingerprint density at radius 3 is 2.00 bits per heavy atom. The summed E-state index contributed by atoms with van der Waals surface area (Å²) in [7, 11) is 0. The number of hydrogen-bond donors (Lipinski definition) is 1. The van der Waals surface area contributed by atoms with Gasteiger partial charge in [-0.15, -0.1) is 0 Å². The van der Waals surface area contributed by atoms with E-state index in [9.17, 15) is 26.3 Å². The van der Waals surface area contributed by atoms with E-state index in [-0.39, 0.29) is 12.8 Å². The number of nitrogens with two attached hydrogens (primary N) is 1. The van der Waals surface area contributed by atoms with Crippen LogP contribution in [0.4, 0.5) is 26.3 Å². The molecule has 0 saturated heterocycles. The van der Waals surface area contributed by atoms with Crippen LogP contribution in [0.3, 0.4) is 0 Å². The van der Waals surface area contributed by atoms with Crippen molar-refractivity contribution in [1.29, 1.82) is 0 Å². The molecule has 0 heterocycles. The van der Waals surface area contributed by atoms with Crippen molar-refractivity contribution in [2.24, 2.45) is 5.73 Å². The molecule has 0 amide bonds. The lowest BCUT2D eigenvalue weighted by atomic mass is 10.0. The quantitative estimate of drug-likeness (QED) is 0.827. The molecule has 1 aromatic carbocycles. The smallest absolute Gasteiger partial charge is 0.324 e. The molecule has 1 nitrogen and oxygen atoms in total. The fraction of sp³-hybridized carbons (Fsp3) is 0.455. The van der Waals surface area contributed by atoms with Crippen molar-refractivity contribution in [3.63, 3.8) is 0 Å². The summed E-state index contributed by atoms with van der Waals surface area (Å²) in [6.07, 6.45) is -6.00. The molecule has 0 aliphatic rings. The number of rotatable bonds is 4. The number of halogens is 6. The molecule has 0 aliphatic heterocycles. The van der Waals surface area contributed by atoms with Gasteiger partial charge in [0.15, 0.2) is 0 Å². The molecule has 0 spiro atoms. The molecule has 1 unspecified atom stereocenters. The first-order chi connectivity index (χ1) is 8.20. The highest BCUT2D eigenvalue weighted by Gasteiger charge is 2.27. The van der Waals surface area contributed by atoms with Crippen LogP contribution < -0.4 is 5.73 Å². The summed E-state index contributed by atoms with van der Waals surface area (Å²) in [4.78, 5) is 0. The Labute approximate surface area is 99.6 Å². The Morgan fingerprint density at radius 1 is 1.06 bits per heavy atom. The Bertz CT molecular complexity index is 391. The molecule has 0 saturated carbocycles. The Hall–Kier alpha value is -1.24. The van der Waals surface area contributed by atoms with E-state index in [0.717, 1.165) is 0 Å². The van der Waals surface area contributed by atoms with E-state index in [4.69, 9.17) is 5.73 Å². The first-order valence-corrected chi connectivity index (χ1v) is 5.17. The monoisotopic (exact) mass is 271 g/mol. The van der Waals surface area contributed by atoms with Gasteiger partial charge in [0.25, 0.3) is 0 Å². The Balaban J connectivity index is 2.70. The summed E-state index contributed by atoms with van der Waals surface area (Å²) in [5.41, 5.74) is 4.82. The summed E-state index contributed by atoms with van der Waals surface area (Å²) in [6, 6.07) is -0.336. The van der Waals surface area contributed by atoms with Gasteiger partial charge in [0.2, 0.25) is 0 Å². The second-order valence-electron chi connectivity index (χ2n) is 3.90. The van der Waals surface area contributed by atoms with E-state index in [0.29, 0.717) is 12.1 Å². The van der Waals surface area contributed by atoms with E-state index >= 15 is 0 Å². The summed E-state index contributed by atoms with van der Waals surface area (Å²) >= 11 is 0. The van der Waals surface area contributed by atoms with Crippen molar-refractivity contribution in [2.45, 2.75) is 31.5 Å². The van der Waals surface area contributed by atoms with Crippen LogP contribution in [-0.4, -0.2) is 6.18 Å². The lowest BCUT2D eigenvalue weighted by Crippen LogP contribution is -2.16. The number of benzene rings is 1. The van der Waals surface area contributed by atoms with Crippen molar-refractivity contribution in [2.75, 3.05) is 0 Å². The van der Waals surface area contributed by atoms with Gasteiger partial charge in [-0.3, -0.25) is 0 Å². The second kappa shape index (κ2) is 5.60. The summed E-state index contributed by atoms with van der Waals surface area (Å²) in [5.74, 6) is -3.48. The van der Waals surface area contributed by atoms with Gasteiger partial charge in [0.05, 0.1) is 0 Å². The van der Waals surface area contributed by atoms with Gasteiger partial charge in [-0.25, -0.2) is 13.2 Å². The average molecular weight is 271 g/mol. The zero-order valence-electron chi connectivity index (χ0n) is 9.20. The van der Waals surface area contributed by atoms with Crippen LogP contribution in [0.15, 0.2) is 12.1 Å². The molecule has 0 aromatic heterocycles. The first-order valence-electron chi connectivity index (χ1n) is 5.17. The minimum absolute atomic E-state index is 0.237. The van der Waals surface area contributed by atoms with Gasteiger partial charge in [0, 0.05) is 30.2 Å². The van der Waals surface area contributed by atoms with E-state index in [1.807, 2.05) is 0 Å². The van der Waals surface area contributed by atoms with Crippen molar-refractivity contribution in [3.8, 4) is 0 Å². The largest absolute Gasteiger partial charge is 0.389 e. The zero-order valence-corrected chi connectivity index (χ0v) is 9.20. The molecular weight excluding hydrogens is 260 g/mol. The maximum Gasteiger partial charge on any atom is 0.389 e. The third-order valence-electron chi connectivity index (χ3n) is 2.39. The maximum absolute atomic E-state index is 13.2. The first kappa shape index (κ1) is 14.8. The van der Waals surface area contributed by atoms with Crippen LogP contribution in [-0.2, 0) is 0 Å². The van der Waals surface area contributed by atoms with Crippen molar-refractivity contribution in [3.05, 3.63) is 35.1 Å². The molecule has 2 N–H and O–H groups in total. The minimum atomic E-state index is -4.33. The Kier molecular flexibility index (Phi) is 4.61. The molecule has 1 atom stereocenters. The number of alkyl halides is 3. The molecule has 0 aliphatic carbocycles. The molecule has 7 heteroatoms. The predicted octanol–water partition coefficient (Wildman–Crippen LogP) is 3.84. The van der Waals surface area contributed by atoms with Crippen LogP contribution in [0.5, 0.6) is 0 Å². The van der Waals surface area contributed by atoms with Crippen molar-refractivity contribution >= 4 is 0 Å². The van der Waals surface area contributed by atoms with Crippen LogP contribution in [0.25, 0.3) is 0 Å². The number of hydrogen-bond acceptors (Lipinski definition) is 1. The van der Waals surface area contributed by atoms with Gasteiger partial charge >= 0.3 is 6.18 Å². The third-order valence-corrected chi connectivity index (χ3v) is 2.39. The molecule has 1 aromatic rings. The average Bonchev–Trinajstić information content (AvgIpc) is 2.13. The van der Waals surface area contributed by atoms with Gasteiger partial charge in [-0.05, 0) is 12.8 Å². The fourth-order valence-electron chi connectivity index (χ4n) is 1.57. The molecular formula is C11H11F6N. The normalized spacial score (nSPS) is 13.7. The summed E-state index contributed by atoms with van der Waals surface area (Å²) in [5, 5.41) is 0. The second-order valence-corrected chi connectivity index (χ2v) is 3.90. The van der Waals surface area contributed by atoms with Crippen molar-refractivity contribution in [1.82, 2.24) is 0 Å². The highest BCUT2D eigenvalue weighted by atomic mass is 19.4. The SMILES string of the molecule is NC(CCCC(F)(F)F)c1c(F)cc(F)cc1F. The third kappa shape index (κ3) is 4.21. The topological polar surface area (TPSA) is 26.0 Å². The van der Waals surface area contributed by atoms with Crippen molar-refractivity contribution < 1.29 is 26.3 Å². The van der Waals surface area contributed by atoms with Crippen LogP contribution >= 0.6 is 0 Å². The molecule has 102 valence electrons. The summed E-state index contributed by atoms with van der Waals surface area (Å²) < 4.78 is 74.7. The van der Waals surface area contributed by atoms with E-state index in [2.05, 4.69) is 0 Å². The minimum Gasteiger partial charge on any atom is -0.324 e. The van der Waals surface area contributed by atoms with Crippen LogP contribution in [0.2, 0.25) is 0 Å². The lowest BCUT2D eigenvalue weighted by molar-refractivity contribution is -0.135. The molecule has 0 radical (unpaired) electrons. The molecule has 0 fully saturated rings. The zero-order chi connectivity index (χ0) is 13.9. The highest BCUT2D eigenvalue weighted by Crippen LogP contribution is 2.27.